The summed E-state index contributed by atoms with van der Waals surface area (Å²) < 4.78 is 10.5. The van der Waals surface area contributed by atoms with Crippen LogP contribution in [0.4, 0.5) is 0 Å². The van der Waals surface area contributed by atoms with E-state index >= 15 is 0 Å². The number of ether oxygens (including phenoxy) is 1. The lowest BCUT2D eigenvalue weighted by Gasteiger charge is -2.02. The second kappa shape index (κ2) is 6.31. The lowest BCUT2D eigenvalue weighted by Crippen LogP contribution is -1.98. The maximum Gasteiger partial charge on any atom is 0.330 e. The van der Waals surface area contributed by atoms with Gasteiger partial charge in [-0.05, 0) is 38.0 Å². The van der Waals surface area contributed by atoms with Crippen molar-refractivity contribution in [2.75, 3.05) is 6.61 Å². The van der Waals surface area contributed by atoms with E-state index in [4.69, 9.17) is 9.15 Å². The molecular formula is C17H18O4. The van der Waals surface area contributed by atoms with Crippen LogP contribution < -0.4 is 0 Å². The Morgan fingerprint density at radius 2 is 2.24 bits per heavy atom. The number of fused-ring (bicyclic) bond motifs is 1. The fourth-order valence-corrected chi connectivity index (χ4v) is 2.19. The SMILES string of the molecule is C=CCc1ccc2oc(C=CC(=O)OCC)c(C)c2c1O. The summed E-state index contributed by atoms with van der Waals surface area (Å²) in [5.41, 5.74) is 2.16. The smallest absolute Gasteiger partial charge is 0.330 e. The molecule has 1 N–H and O–H groups in total. The van der Waals surface area contributed by atoms with Gasteiger partial charge in [0.15, 0.2) is 0 Å². The molecule has 0 bridgehead atoms. The van der Waals surface area contributed by atoms with E-state index in [2.05, 4.69) is 6.58 Å². The number of aryl methyl sites for hydroxylation is 1. The number of rotatable bonds is 5. The Balaban J connectivity index is 2.44. The lowest BCUT2D eigenvalue weighted by atomic mass is 10.0. The highest BCUT2D eigenvalue weighted by molar-refractivity contribution is 5.93. The van der Waals surface area contributed by atoms with Gasteiger partial charge < -0.3 is 14.3 Å². The van der Waals surface area contributed by atoms with Crippen molar-refractivity contribution in [3.63, 3.8) is 0 Å². The van der Waals surface area contributed by atoms with Gasteiger partial charge in [-0.2, -0.15) is 0 Å². The topological polar surface area (TPSA) is 59.7 Å². The van der Waals surface area contributed by atoms with Crippen molar-refractivity contribution in [3.05, 3.63) is 47.8 Å². The molecule has 0 fully saturated rings. The number of esters is 1. The van der Waals surface area contributed by atoms with Crippen molar-refractivity contribution in [3.8, 4) is 5.75 Å². The molecule has 0 radical (unpaired) electrons. The monoisotopic (exact) mass is 286 g/mol. The highest BCUT2D eigenvalue weighted by Gasteiger charge is 2.15. The number of allylic oxidation sites excluding steroid dienone is 1. The Hall–Kier alpha value is -2.49. The minimum atomic E-state index is -0.422. The number of carbonyl (C=O) groups excluding carboxylic acids is 1. The second-order valence-corrected chi connectivity index (χ2v) is 4.62. The highest BCUT2D eigenvalue weighted by Crippen LogP contribution is 2.35. The molecule has 0 amide bonds. The summed E-state index contributed by atoms with van der Waals surface area (Å²) in [6, 6.07) is 3.61. The van der Waals surface area contributed by atoms with Crippen molar-refractivity contribution >= 4 is 23.0 Å². The third-order valence-electron chi connectivity index (χ3n) is 3.21. The van der Waals surface area contributed by atoms with Gasteiger partial charge >= 0.3 is 5.97 Å². The number of benzene rings is 1. The van der Waals surface area contributed by atoms with Gasteiger partial charge in [0.05, 0.1) is 12.0 Å². The number of phenols is 1. The van der Waals surface area contributed by atoms with Gasteiger partial charge in [-0.15, -0.1) is 6.58 Å². The van der Waals surface area contributed by atoms with E-state index < -0.39 is 5.97 Å². The van der Waals surface area contributed by atoms with E-state index in [0.717, 1.165) is 11.1 Å². The molecule has 110 valence electrons. The Labute approximate surface area is 123 Å². The quantitative estimate of drug-likeness (QED) is 0.516. The van der Waals surface area contributed by atoms with Crippen LogP contribution in [-0.2, 0) is 16.0 Å². The zero-order valence-corrected chi connectivity index (χ0v) is 12.2. The standard InChI is InChI=1S/C17H18O4/c1-4-6-12-7-8-14-16(17(12)19)11(3)13(21-14)9-10-15(18)20-5-2/h4,7-10,19H,1,5-6H2,2-3H3. The molecule has 0 unspecified atom stereocenters. The van der Waals surface area contributed by atoms with Crippen LogP contribution in [0.25, 0.3) is 17.0 Å². The normalized spacial score (nSPS) is 11.1. The number of hydrogen-bond acceptors (Lipinski definition) is 4. The first-order valence-electron chi connectivity index (χ1n) is 6.78. The minimum absolute atomic E-state index is 0.199. The average molecular weight is 286 g/mol. The molecule has 4 heteroatoms. The number of phenolic OH excluding ortho intramolecular Hbond substituents is 1. The predicted molar refractivity (Wildman–Crippen MR) is 82.2 cm³/mol. The Morgan fingerprint density at radius 3 is 2.90 bits per heavy atom. The molecular weight excluding hydrogens is 268 g/mol. The van der Waals surface area contributed by atoms with Gasteiger partial charge in [-0.3, -0.25) is 0 Å². The van der Waals surface area contributed by atoms with Crippen LogP contribution in [0.5, 0.6) is 5.75 Å². The summed E-state index contributed by atoms with van der Waals surface area (Å²) in [5.74, 6) is 0.308. The molecule has 1 heterocycles. The molecule has 1 aromatic carbocycles. The maximum atomic E-state index is 11.3. The van der Waals surface area contributed by atoms with Crippen molar-refractivity contribution in [2.45, 2.75) is 20.3 Å². The van der Waals surface area contributed by atoms with Crippen LogP contribution in [0, 0.1) is 6.92 Å². The summed E-state index contributed by atoms with van der Waals surface area (Å²) in [5, 5.41) is 11.0. The molecule has 0 spiro atoms. The van der Waals surface area contributed by atoms with Crippen LogP contribution in [-0.4, -0.2) is 17.7 Å². The molecule has 0 aliphatic carbocycles. The van der Waals surface area contributed by atoms with E-state index in [1.807, 2.05) is 13.0 Å². The van der Waals surface area contributed by atoms with Gasteiger partial charge in [-0.25, -0.2) is 4.79 Å². The number of aromatic hydroxyl groups is 1. The van der Waals surface area contributed by atoms with Crippen molar-refractivity contribution in [2.24, 2.45) is 0 Å². The predicted octanol–water partition coefficient (Wildman–Crippen LogP) is 3.75. The fourth-order valence-electron chi connectivity index (χ4n) is 2.19. The first kappa shape index (κ1) is 14.9. The summed E-state index contributed by atoms with van der Waals surface area (Å²) in [4.78, 5) is 11.3. The lowest BCUT2D eigenvalue weighted by molar-refractivity contribution is -0.137. The second-order valence-electron chi connectivity index (χ2n) is 4.62. The molecule has 0 aliphatic rings. The van der Waals surface area contributed by atoms with E-state index in [9.17, 15) is 9.90 Å². The molecule has 0 saturated heterocycles. The zero-order valence-electron chi connectivity index (χ0n) is 12.2. The molecule has 1 aromatic heterocycles. The van der Waals surface area contributed by atoms with Crippen LogP contribution >= 0.6 is 0 Å². The van der Waals surface area contributed by atoms with E-state index in [1.165, 1.54) is 6.08 Å². The van der Waals surface area contributed by atoms with Crippen molar-refractivity contribution in [1.29, 1.82) is 0 Å². The van der Waals surface area contributed by atoms with E-state index in [0.29, 0.717) is 29.8 Å². The molecule has 21 heavy (non-hydrogen) atoms. The molecule has 4 nitrogen and oxygen atoms in total. The summed E-state index contributed by atoms with van der Waals surface area (Å²) >= 11 is 0. The highest BCUT2D eigenvalue weighted by atomic mass is 16.5. The van der Waals surface area contributed by atoms with Gasteiger partial charge in [0.1, 0.15) is 17.1 Å². The van der Waals surface area contributed by atoms with E-state index in [1.54, 1.807) is 25.1 Å². The zero-order chi connectivity index (χ0) is 15.4. The minimum Gasteiger partial charge on any atom is -0.507 e. The molecule has 2 rings (SSSR count). The number of furan rings is 1. The van der Waals surface area contributed by atoms with E-state index in [-0.39, 0.29) is 5.75 Å². The van der Waals surface area contributed by atoms with Crippen molar-refractivity contribution < 1.29 is 19.1 Å². The number of hydrogen-bond donors (Lipinski definition) is 1. The summed E-state index contributed by atoms with van der Waals surface area (Å²) in [7, 11) is 0. The largest absolute Gasteiger partial charge is 0.507 e. The Kier molecular flexibility index (Phi) is 4.48. The fraction of sp³-hybridized carbons (Fsp3) is 0.235. The molecule has 2 aromatic rings. The maximum absolute atomic E-state index is 11.3. The molecule has 0 aliphatic heterocycles. The Morgan fingerprint density at radius 1 is 1.48 bits per heavy atom. The summed E-state index contributed by atoms with van der Waals surface area (Å²) in [6.07, 6.45) is 5.19. The molecule has 0 saturated carbocycles. The Bertz CT molecular complexity index is 707. The average Bonchev–Trinajstić information content (AvgIpc) is 2.77. The van der Waals surface area contributed by atoms with Gasteiger partial charge in [-0.1, -0.05) is 12.1 Å². The first-order valence-corrected chi connectivity index (χ1v) is 6.78. The molecule has 0 atom stereocenters. The number of carbonyl (C=O) groups is 1. The van der Waals surface area contributed by atoms with Gasteiger partial charge in [0, 0.05) is 11.6 Å². The summed E-state index contributed by atoms with van der Waals surface area (Å²) in [6.45, 7) is 7.59. The van der Waals surface area contributed by atoms with Crippen LogP contribution in [0.2, 0.25) is 0 Å². The van der Waals surface area contributed by atoms with Crippen LogP contribution in [0.3, 0.4) is 0 Å². The van der Waals surface area contributed by atoms with Gasteiger partial charge in [0.25, 0.3) is 0 Å². The third-order valence-corrected chi connectivity index (χ3v) is 3.21. The van der Waals surface area contributed by atoms with Gasteiger partial charge in [0.2, 0.25) is 0 Å². The third kappa shape index (κ3) is 2.99. The van der Waals surface area contributed by atoms with Crippen LogP contribution in [0.15, 0.2) is 35.3 Å². The first-order chi connectivity index (χ1) is 10.1. The van der Waals surface area contributed by atoms with Crippen LogP contribution in [0.1, 0.15) is 23.8 Å². The van der Waals surface area contributed by atoms with Crippen molar-refractivity contribution in [1.82, 2.24) is 0 Å².